The molecule has 3 heterocycles. The third kappa shape index (κ3) is 5.17. The van der Waals surface area contributed by atoms with E-state index in [4.69, 9.17) is 23.2 Å². The molecule has 0 spiro atoms. The monoisotopic (exact) mass is 687 g/mol. The minimum absolute atomic E-state index is 0.272. The lowest BCUT2D eigenvalue weighted by Crippen LogP contribution is -2.33. The summed E-state index contributed by atoms with van der Waals surface area (Å²) in [4.78, 5) is 55.6. The van der Waals surface area contributed by atoms with Gasteiger partial charge in [0, 0.05) is 21.0 Å². The maximum Gasteiger partial charge on any atom is 0.308 e. The number of carbonyl (C=O) groups excluding carboxylic acids is 3. The van der Waals surface area contributed by atoms with Crippen molar-refractivity contribution in [2.24, 2.45) is 5.92 Å². The van der Waals surface area contributed by atoms with Crippen molar-refractivity contribution >= 4 is 91.3 Å². The minimum atomic E-state index is -0.761. The molecule has 0 saturated carbocycles. The quantitative estimate of drug-likeness (QED) is 0.235. The molecular weight excluding hydrogens is 669 g/mol. The van der Waals surface area contributed by atoms with E-state index in [2.05, 4.69) is 21.2 Å². The molecule has 0 radical (unpaired) electrons. The van der Waals surface area contributed by atoms with E-state index in [0.717, 1.165) is 26.9 Å². The van der Waals surface area contributed by atoms with Crippen LogP contribution in [-0.2, 0) is 20.9 Å². The molecule has 4 aromatic rings. The molecular formula is C29H20BrCl2N3O4S2. The number of halogens is 3. The van der Waals surface area contributed by atoms with Crippen LogP contribution in [0.2, 0.25) is 10.0 Å². The van der Waals surface area contributed by atoms with Crippen LogP contribution in [0, 0.1) is 12.8 Å². The van der Waals surface area contributed by atoms with Gasteiger partial charge in [0.1, 0.15) is 11.8 Å². The van der Waals surface area contributed by atoms with Crippen LogP contribution < -0.4 is 15.1 Å². The second-order valence-electron chi connectivity index (χ2n) is 9.74. The number of aromatic nitrogens is 1. The maximum atomic E-state index is 13.9. The fraction of sp³-hybridized carbons (Fsp3) is 0.172. The van der Waals surface area contributed by atoms with Crippen molar-refractivity contribution in [2.75, 3.05) is 10.2 Å². The standard InChI is InChI=1S/C29H20BrCl2N3O4S2/c1-14-2-9-18(10-3-14)35-26(37)23-22(15-4-6-16(30)7-5-15)25-28(40-24(23)27(35)38)34(29(39)41-25)13-21(36)33-17-8-11-19(31)20(32)12-17/h2-12,22-24H,13H2,1H3,(H,33,36)/t22-,23-,24+/m0/s1. The Kier molecular flexibility index (Phi) is 7.63. The smallest absolute Gasteiger partial charge is 0.308 e. The van der Waals surface area contributed by atoms with Gasteiger partial charge >= 0.3 is 4.87 Å². The van der Waals surface area contributed by atoms with Crippen LogP contribution >= 0.6 is 62.2 Å². The summed E-state index contributed by atoms with van der Waals surface area (Å²) in [5, 5.41) is 3.15. The highest BCUT2D eigenvalue weighted by Gasteiger charge is 2.56. The molecule has 0 bridgehead atoms. The molecule has 3 atom stereocenters. The number of rotatable bonds is 5. The first-order chi connectivity index (χ1) is 19.6. The van der Waals surface area contributed by atoms with E-state index in [1.54, 1.807) is 24.3 Å². The zero-order chi connectivity index (χ0) is 29.0. The van der Waals surface area contributed by atoms with Gasteiger partial charge < -0.3 is 5.32 Å². The number of anilines is 2. The van der Waals surface area contributed by atoms with E-state index < -0.39 is 23.0 Å². The predicted molar refractivity (Wildman–Crippen MR) is 166 cm³/mol. The molecule has 6 rings (SSSR count). The van der Waals surface area contributed by atoms with Crippen molar-refractivity contribution in [3.05, 3.63) is 107 Å². The van der Waals surface area contributed by atoms with Crippen LogP contribution in [-0.4, -0.2) is 27.5 Å². The van der Waals surface area contributed by atoms with Gasteiger partial charge in [0.05, 0.1) is 26.7 Å². The van der Waals surface area contributed by atoms with Crippen molar-refractivity contribution < 1.29 is 14.4 Å². The van der Waals surface area contributed by atoms with Gasteiger partial charge in [0.15, 0.2) is 0 Å². The third-order valence-corrected chi connectivity index (χ3v) is 10.9. The number of thiazole rings is 1. The summed E-state index contributed by atoms with van der Waals surface area (Å²) in [7, 11) is 0. The summed E-state index contributed by atoms with van der Waals surface area (Å²) in [6.45, 7) is 1.66. The van der Waals surface area contributed by atoms with Gasteiger partial charge in [-0.25, -0.2) is 4.90 Å². The lowest BCUT2D eigenvalue weighted by Gasteiger charge is -2.30. The molecule has 7 nitrogen and oxygen atoms in total. The highest BCUT2D eigenvalue weighted by molar-refractivity contribution is 9.10. The third-order valence-electron chi connectivity index (χ3n) is 7.08. The Morgan fingerprint density at radius 3 is 2.34 bits per heavy atom. The first-order valence-electron chi connectivity index (χ1n) is 12.5. The molecule has 208 valence electrons. The lowest BCUT2D eigenvalue weighted by molar-refractivity contribution is -0.122. The molecule has 3 aromatic carbocycles. The SMILES string of the molecule is Cc1ccc(N2C(=O)[C@H]3[C@H](c4ccc(Br)cc4)c4sc(=O)n(CC(=O)Nc5ccc(Cl)c(Cl)c5)c4S[C@H]3C2=O)cc1. The number of benzene rings is 3. The van der Waals surface area contributed by atoms with Crippen LogP contribution in [0.3, 0.4) is 0 Å². The summed E-state index contributed by atoms with van der Waals surface area (Å²) in [6.07, 6.45) is 0. The Morgan fingerprint density at radius 1 is 0.951 bits per heavy atom. The average molecular weight is 689 g/mol. The number of imide groups is 1. The molecule has 0 aliphatic carbocycles. The van der Waals surface area contributed by atoms with Gasteiger partial charge in [-0.3, -0.25) is 23.7 Å². The average Bonchev–Trinajstić information content (AvgIpc) is 3.38. The summed E-state index contributed by atoms with van der Waals surface area (Å²) in [6, 6.07) is 19.5. The maximum absolute atomic E-state index is 13.9. The van der Waals surface area contributed by atoms with Crippen molar-refractivity contribution in [3.8, 4) is 0 Å². The number of hydrogen-bond donors (Lipinski definition) is 1. The molecule has 1 N–H and O–H groups in total. The van der Waals surface area contributed by atoms with Crippen LogP contribution in [0.4, 0.5) is 11.4 Å². The second kappa shape index (κ2) is 11.1. The summed E-state index contributed by atoms with van der Waals surface area (Å²) in [5.74, 6) is -2.33. The summed E-state index contributed by atoms with van der Waals surface area (Å²) >= 11 is 17.7. The Hall–Kier alpha value is -2.89. The molecule has 3 amide bonds. The van der Waals surface area contributed by atoms with Gasteiger partial charge in [-0.05, 0) is 55.0 Å². The summed E-state index contributed by atoms with van der Waals surface area (Å²) in [5.41, 5.74) is 2.77. The molecule has 12 heteroatoms. The van der Waals surface area contributed by atoms with E-state index in [1.807, 2.05) is 43.3 Å². The number of fused-ring (bicyclic) bond motifs is 2. The van der Waals surface area contributed by atoms with Crippen LogP contribution in [0.25, 0.3) is 0 Å². The Balaban J connectivity index is 1.40. The molecule has 1 saturated heterocycles. The zero-order valence-corrected chi connectivity index (χ0v) is 26.0. The van der Waals surface area contributed by atoms with E-state index in [1.165, 1.54) is 27.3 Å². The molecule has 0 unspecified atom stereocenters. The van der Waals surface area contributed by atoms with Crippen LogP contribution in [0.15, 0.2) is 81.0 Å². The topological polar surface area (TPSA) is 88.5 Å². The molecule has 2 aliphatic heterocycles. The van der Waals surface area contributed by atoms with E-state index in [-0.39, 0.29) is 28.3 Å². The van der Waals surface area contributed by atoms with Gasteiger partial charge in [-0.2, -0.15) is 0 Å². The number of hydrogen-bond acceptors (Lipinski definition) is 6. The van der Waals surface area contributed by atoms with E-state index >= 15 is 0 Å². The van der Waals surface area contributed by atoms with Gasteiger partial charge in [0.2, 0.25) is 17.7 Å². The van der Waals surface area contributed by atoms with Gasteiger partial charge in [-0.15, -0.1) is 0 Å². The Bertz CT molecular complexity index is 1770. The van der Waals surface area contributed by atoms with Crippen LogP contribution in [0.5, 0.6) is 0 Å². The van der Waals surface area contributed by atoms with Crippen LogP contribution in [0.1, 0.15) is 21.9 Å². The van der Waals surface area contributed by atoms with Gasteiger partial charge in [-0.1, -0.05) is 92.1 Å². The second-order valence-corrected chi connectivity index (χ2v) is 13.6. The van der Waals surface area contributed by atoms with Gasteiger partial charge in [0.25, 0.3) is 0 Å². The first kappa shape index (κ1) is 28.2. The number of amides is 3. The number of aryl methyl sites for hydroxylation is 1. The Morgan fingerprint density at radius 2 is 1.66 bits per heavy atom. The van der Waals surface area contributed by atoms with Crippen molar-refractivity contribution in [3.63, 3.8) is 0 Å². The Labute approximate surface area is 261 Å². The summed E-state index contributed by atoms with van der Waals surface area (Å²) < 4.78 is 2.24. The number of thioether (sulfide) groups is 1. The fourth-order valence-electron chi connectivity index (χ4n) is 5.15. The number of nitrogens with zero attached hydrogens (tertiary/aromatic N) is 2. The van der Waals surface area contributed by atoms with Crippen molar-refractivity contribution in [1.29, 1.82) is 0 Å². The zero-order valence-electron chi connectivity index (χ0n) is 21.3. The lowest BCUT2D eigenvalue weighted by atomic mass is 9.83. The predicted octanol–water partition coefficient (Wildman–Crippen LogP) is 6.72. The molecule has 1 aromatic heterocycles. The van der Waals surface area contributed by atoms with E-state index in [9.17, 15) is 19.2 Å². The van der Waals surface area contributed by atoms with Crippen molar-refractivity contribution in [1.82, 2.24) is 4.57 Å². The van der Waals surface area contributed by atoms with E-state index in [0.29, 0.717) is 26.3 Å². The number of carbonyl (C=O) groups is 3. The highest BCUT2D eigenvalue weighted by Crippen LogP contribution is 2.54. The normalized spacial score (nSPS) is 19.7. The fourth-order valence-corrected chi connectivity index (χ4v) is 8.49. The largest absolute Gasteiger partial charge is 0.324 e. The number of nitrogens with one attached hydrogen (secondary N) is 1. The molecule has 41 heavy (non-hydrogen) atoms. The minimum Gasteiger partial charge on any atom is -0.324 e. The first-order valence-corrected chi connectivity index (χ1v) is 15.7. The van der Waals surface area contributed by atoms with Crippen molar-refractivity contribution in [2.45, 2.75) is 29.7 Å². The highest BCUT2D eigenvalue weighted by atomic mass is 79.9. The molecule has 1 fully saturated rings. The molecule has 2 aliphatic rings.